The molecule has 118 valence electrons. The van der Waals surface area contributed by atoms with Crippen LogP contribution in [0.1, 0.15) is 27.6 Å². The molecule has 2 aromatic carbocycles. The lowest BCUT2D eigenvalue weighted by Crippen LogP contribution is -2.26. The van der Waals surface area contributed by atoms with E-state index in [1.54, 1.807) is 24.3 Å². The number of nitrogens with zero attached hydrogens (tertiary/aromatic N) is 1. The zero-order valence-electron chi connectivity index (χ0n) is 12.4. The van der Waals surface area contributed by atoms with Crippen LogP contribution in [0.3, 0.4) is 0 Å². The van der Waals surface area contributed by atoms with E-state index in [1.807, 2.05) is 18.2 Å². The predicted octanol–water partition coefficient (Wildman–Crippen LogP) is 0.888. The molecule has 6 nitrogen and oxygen atoms in total. The summed E-state index contributed by atoms with van der Waals surface area (Å²) in [5.41, 5.74) is 3.84. The van der Waals surface area contributed by atoms with Crippen molar-refractivity contribution in [2.45, 2.75) is 6.10 Å². The number of carboxylic acid groups (broad SMARTS) is 1. The Balaban J connectivity index is 1.98. The molecule has 1 N–H and O–H groups in total. The van der Waals surface area contributed by atoms with Gasteiger partial charge in [-0.1, -0.05) is 54.6 Å². The first-order valence-corrected chi connectivity index (χ1v) is 6.84. The lowest BCUT2D eigenvalue weighted by Gasteiger charge is -2.13. The number of hydrogen-bond donors (Lipinski definition) is 1. The molecular weight excluding hydrogens is 296 g/mol. The smallest absolute Gasteiger partial charge is 0.273 e. The fourth-order valence-electron chi connectivity index (χ4n) is 1.96. The van der Waals surface area contributed by atoms with Crippen molar-refractivity contribution >= 4 is 18.1 Å². The summed E-state index contributed by atoms with van der Waals surface area (Å²) in [5, 5.41) is 14.5. The maximum atomic E-state index is 12.1. The van der Waals surface area contributed by atoms with Gasteiger partial charge in [0.15, 0.2) is 6.10 Å². The highest BCUT2D eigenvalue weighted by atomic mass is 16.5. The molecule has 2 rings (SSSR count). The second kappa shape index (κ2) is 7.86. The average molecular weight is 311 g/mol. The number of benzene rings is 2. The van der Waals surface area contributed by atoms with Gasteiger partial charge in [0.25, 0.3) is 5.91 Å². The fraction of sp³-hybridized carbons (Fsp3) is 0.118. The molecule has 0 fully saturated rings. The van der Waals surface area contributed by atoms with Crippen LogP contribution in [0.4, 0.5) is 0 Å². The highest BCUT2D eigenvalue weighted by Crippen LogP contribution is 2.15. The predicted molar refractivity (Wildman–Crippen MR) is 82.7 cm³/mol. The summed E-state index contributed by atoms with van der Waals surface area (Å²) in [6, 6.07) is 15.0. The van der Waals surface area contributed by atoms with Crippen molar-refractivity contribution in [2.75, 3.05) is 7.11 Å². The normalized spacial score (nSPS) is 12.0. The van der Waals surface area contributed by atoms with E-state index in [4.69, 9.17) is 4.74 Å². The van der Waals surface area contributed by atoms with Crippen molar-refractivity contribution in [2.24, 2.45) is 5.10 Å². The molecule has 0 aliphatic heterocycles. The first kappa shape index (κ1) is 16.4. The number of carboxylic acids is 1. The highest BCUT2D eigenvalue weighted by Gasteiger charge is 2.18. The van der Waals surface area contributed by atoms with Crippen LogP contribution in [0.25, 0.3) is 0 Å². The summed E-state index contributed by atoms with van der Waals surface area (Å²) in [6.07, 6.45) is 0.656. The minimum absolute atomic E-state index is 0.0784. The molecule has 0 unspecified atom stereocenters. The lowest BCUT2D eigenvalue weighted by molar-refractivity contribution is -0.255. The number of carbonyl (C=O) groups is 2. The first-order chi connectivity index (χ1) is 11.1. The Kier molecular flexibility index (Phi) is 5.60. The van der Waals surface area contributed by atoms with Gasteiger partial charge in [-0.3, -0.25) is 4.79 Å². The van der Waals surface area contributed by atoms with Crippen molar-refractivity contribution in [1.82, 2.24) is 5.43 Å². The molecule has 0 saturated carbocycles. The quantitative estimate of drug-likeness (QED) is 0.633. The van der Waals surface area contributed by atoms with E-state index >= 15 is 0 Å². The van der Waals surface area contributed by atoms with Gasteiger partial charge in [0.2, 0.25) is 0 Å². The van der Waals surface area contributed by atoms with Crippen LogP contribution >= 0.6 is 0 Å². The second-order valence-corrected chi connectivity index (χ2v) is 4.67. The number of amides is 1. The highest BCUT2D eigenvalue weighted by molar-refractivity contribution is 5.88. The molecule has 0 aromatic heterocycles. The Bertz CT molecular complexity index is 696. The van der Waals surface area contributed by atoms with Crippen LogP contribution in [0.15, 0.2) is 59.7 Å². The van der Waals surface area contributed by atoms with Gasteiger partial charge in [-0.25, -0.2) is 5.43 Å². The molecule has 0 radical (unpaired) electrons. The van der Waals surface area contributed by atoms with Gasteiger partial charge in [0.05, 0.1) is 12.2 Å². The van der Waals surface area contributed by atoms with Crippen molar-refractivity contribution in [3.8, 4) is 0 Å². The van der Waals surface area contributed by atoms with Gasteiger partial charge < -0.3 is 14.6 Å². The summed E-state index contributed by atoms with van der Waals surface area (Å²) < 4.78 is 5.18. The average Bonchev–Trinajstić information content (AvgIpc) is 2.57. The Labute approximate surface area is 133 Å². The molecule has 6 heteroatoms. The van der Waals surface area contributed by atoms with Crippen LogP contribution in [0.2, 0.25) is 0 Å². The molecule has 1 atom stereocenters. The largest absolute Gasteiger partial charge is 0.545 e. The summed E-state index contributed by atoms with van der Waals surface area (Å²) in [6.45, 7) is 0. The Morgan fingerprint density at radius 1 is 1.13 bits per heavy atom. The molecule has 0 aliphatic rings. The van der Waals surface area contributed by atoms with Crippen molar-refractivity contribution in [3.63, 3.8) is 0 Å². The van der Waals surface area contributed by atoms with Gasteiger partial charge in [0.1, 0.15) is 0 Å². The molecule has 2 aromatic rings. The van der Waals surface area contributed by atoms with Gasteiger partial charge in [-0.05, 0) is 16.7 Å². The number of carbonyl (C=O) groups excluding carboxylic acids is 2. The lowest BCUT2D eigenvalue weighted by atomic mass is 10.1. The summed E-state index contributed by atoms with van der Waals surface area (Å²) in [4.78, 5) is 22.7. The van der Waals surface area contributed by atoms with Crippen molar-refractivity contribution < 1.29 is 19.4 Å². The third-order valence-corrected chi connectivity index (χ3v) is 3.11. The number of nitrogens with one attached hydrogen (secondary N) is 1. The molecule has 0 bridgehead atoms. The molecular formula is C17H15N2O4-. The molecule has 0 saturated heterocycles. The molecule has 0 spiro atoms. The second-order valence-electron chi connectivity index (χ2n) is 4.67. The maximum Gasteiger partial charge on any atom is 0.273 e. The summed E-state index contributed by atoms with van der Waals surface area (Å²) >= 11 is 0. The topological polar surface area (TPSA) is 90.8 Å². The van der Waals surface area contributed by atoms with Crippen LogP contribution in [0.5, 0.6) is 0 Å². The number of hydrogen-bond acceptors (Lipinski definition) is 5. The van der Waals surface area contributed by atoms with Gasteiger partial charge >= 0.3 is 0 Å². The van der Waals surface area contributed by atoms with Gasteiger partial charge in [-0.2, -0.15) is 5.10 Å². The Hall–Kier alpha value is -2.99. The van der Waals surface area contributed by atoms with E-state index in [1.165, 1.54) is 25.5 Å². The van der Waals surface area contributed by atoms with Crippen molar-refractivity contribution in [1.29, 1.82) is 0 Å². The number of methoxy groups -OCH3 is 1. The van der Waals surface area contributed by atoms with Crippen LogP contribution < -0.4 is 10.5 Å². The molecule has 1 amide bonds. The van der Waals surface area contributed by atoms with E-state index in [9.17, 15) is 14.7 Å². The van der Waals surface area contributed by atoms with E-state index in [0.29, 0.717) is 5.56 Å². The molecule has 0 aliphatic carbocycles. The van der Waals surface area contributed by atoms with Crippen LogP contribution in [0, 0.1) is 0 Å². The van der Waals surface area contributed by atoms with Crippen molar-refractivity contribution in [3.05, 3.63) is 71.3 Å². The van der Waals surface area contributed by atoms with E-state index in [-0.39, 0.29) is 5.56 Å². The third kappa shape index (κ3) is 4.49. The first-order valence-electron chi connectivity index (χ1n) is 6.84. The number of aromatic carboxylic acids is 1. The van der Waals surface area contributed by atoms with Crippen LogP contribution in [-0.2, 0) is 9.53 Å². The van der Waals surface area contributed by atoms with Gasteiger partial charge in [-0.15, -0.1) is 0 Å². The van der Waals surface area contributed by atoms with E-state index in [0.717, 1.165) is 5.56 Å². The molecule has 0 heterocycles. The number of rotatable bonds is 6. The Morgan fingerprint density at radius 2 is 1.78 bits per heavy atom. The maximum absolute atomic E-state index is 12.1. The van der Waals surface area contributed by atoms with Crippen LogP contribution in [-0.4, -0.2) is 25.2 Å². The standard InChI is InChI=1S/C17H16N2O4/c1-23-15(13-5-3-2-4-6-13)16(20)19-18-11-12-7-9-14(10-8-12)17(21)22/h2-11,15H,1H3,(H,19,20)(H,21,22)/p-1/b18-11-/t15-/m1/s1. The fourth-order valence-corrected chi connectivity index (χ4v) is 1.96. The molecule has 23 heavy (non-hydrogen) atoms. The zero-order valence-corrected chi connectivity index (χ0v) is 12.4. The zero-order chi connectivity index (χ0) is 16.7. The number of hydrazone groups is 1. The third-order valence-electron chi connectivity index (χ3n) is 3.11. The van der Waals surface area contributed by atoms with E-state index < -0.39 is 18.0 Å². The monoisotopic (exact) mass is 311 g/mol. The Morgan fingerprint density at radius 3 is 2.35 bits per heavy atom. The SMILES string of the molecule is CO[C@@H](C(=O)N/N=C\c1ccc(C(=O)[O-])cc1)c1ccccc1. The van der Waals surface area contributed by atoms with E-state index in [2.05, 4.69) is 10.5 Å². The summed E-state index contributed by atoms with van der Waals surface area (Å²) in [7, 11) is 1.44. The van der Waals surface area contributed by atoms with Gasteiger partial charge in [0, 0.05) is 7.11 Å². The minimum Gasteiger partial charge on any atom is -0.545 e. The number of ether oxygens (including phenoxy) is 1. The minimum atomic E-state index is -1.24. The summed E-state index contributed by atoms with van der Waals surface area (Å²) in [5.74, 6) is -1.64.